The van der Waals surface area contributed by atoms with Gasteiger partial charge in [-0.15, -0.1) is 0 Å². The number of halogens is 2. The third-order valence-corrected chi connectivity index (χ3v) is 2.35. The zero-order valence-electron chi connectivity index (χ0n) is 9.96. The van der Waals surface area contributed by atoms with E-state index in [4.69, 9.17) is 4.74 Å². The Balaban J connectivity index is 2.65. The maximum absolute atomic E-state index is 12.9. The smallest absolute Gasteiger partial charge is 0.129 e. The molecule has 1 aromatic carbocycles. The summed E-state index contributed by atoms with van der Waals surface area (Å²) in [5.41, 5.74) is -0.627. The van der Waals surface area contributed by atoms with Gasteiger partial charge < -0.3 is 15.2 Å². The summed E-state index contributed by atoms with van der Waals surface area (Å²) in [6, 6.07) is 2.99. The lowest BCUT2D eigenvalue weighted by molar-refractivity contribution is 0.117. The van der Waals surface area contributed by atoms with Crippen molar-refractivity contribution in [1.29, 1.82) is 0 Å². The summed E-state index contributed by atoms with van der Waals surface area (Å²) >= 11 is 0. The molecule has 0 aromatic heterocycles. The molecular weight excluding hydrogens is 228 g/mol. The van der Waals surface area contributed by atoms with Crippen LogP contribution in [0.15, 0.2) is 18.2 Å². The quantitative estimate of drug-likeness (QED) is 0.801. The highest BCUT2D eigenvalue weighted by atomic mass is 19.1. The Hall–Kier alpha value is -1.20. The lowest BCUT2D eigenvalue weighted by atomic mass is 10.1. The van der Waals surface area contributed by atoms with Gasteiger partial charge in [0.15, 0.2) is 0 Å². The number of benzene rings is 1. The number of aliphatic hydroxyl groups excluding tert-OH is 1. The van der Waals surface area contributed by atoms with Crippen LogP contribution < -0.4 is 10.1 Å². The first-order valence-corrected chi connectivity index (χ1v) is 5.44. The molecule has 0 saturated carbocycles. The second-order valence-electron chi connectivity index (χ2n) is 4.14. The van der Waals surface area contributed by atoms with E-state index in [0.29, 0.717) is 6.54 Å². The molecule has 2 N–H and O–H groups in total. The summed E-state index contributed by atoms with van der Waals surface area (Å²) < 4.78 is 31.1. The van der Waals surface area contributed by atoms with Crippen LogP contribution in [-0.2, 0) is 0 Å². The third-order valence-electron chi connectivity index (χ3n) is 2.35. The average Bonchev–Trinajstić information content (AvgIpc) is 2.26. The van der Waals surface area contributed by atoms with Gasteiger partial charge in [-0.1, -0.05) is 6.92 Å². The molecule has 0 aliphatic heterocycles. The number of nitrogens with one attached hydrogen (secondary N) is 1. The molecule has 0 heterocycles. The van der Waals surface area contributed by atoms with E-state index in [2.05, 4.69) is 5.32 Å². The van der Waals surface area contributed by atoms with E-state index < -0.39 is 17.2 Å². The minimum absolute atomic E-state index is 0.111. The average molecular weight is 245 g/mol. The van der Waals surface area contributed by atoms with Crippen LogP contribution in [0.1, 0.15) is 13.8 Å². The summed E-state index contributed by atoms with van der Waals surface area (Å²) in [7, 11) is 0. The summed E-state index contributed by atoms with van der Waals surface area (Å²) in [4.78, 5) is 0. The lowest BCUT2D eigenvalue weighted by Crippen LogP contribution is -2.50. The lowest BCUT2D eigenvalue weighted by Gasteiger charge is -2.28. The molecule has 0 aliphatic carbocycles. The van der Waals surface area contributed by atoms with Gasteiger partial charge in [0.25, 0.3) is 0 Å². The van der Waals surface area contributed by atoms with Crippen molar-refractivity contribution in [1.82, 2.24) is 5.32 Å². The van der Waals surface area contributed by atoms with Gasteiger partial charge in [-0.25, -0.2) is 8.78 Å². The molecule has 96 valence electrons. The van der Waals surface area contributed by atoms with Crippen LogP contribution in [0.2, 0.25) is 0 Å². The van der Waals surface area contributed by atoms with E-state index in [0.717, 1.165) is 18.2 Å². The molecule has 0 aliphatic rings. The molecule has 1 aromatic rings. The Morgan fingerprint density at radius 2 is 1.88 bits per heavy atom. The topological polar surface area (TPSA) is 41.5 Å². The normalized spacial score (nSPS) is 14.4. The van der Waals surface area contributed by atoms with Crippen molar-refractivity contribution in [3.63, 3.8) is 0 Å². The van der Waals surface area contributed by atoms with Crippen LogP contribution in [0.5, 0.6) is 5.75 Å². The SMILES string of the molecule is CCNC(C)(CO)COc1cc(F)cc(F)c1. The Kier molecular flexibility index (Phi) is 4.84. The first-order valence-electron chi connectivity index (χ1n) is 5.44. The van der Waals surface area contributed by atoms with E-state index in [1.54, 1.807) is 6.92 Å². The summed E-state index contributed by atoms with van der Waals surface area (Å²) in [6.45, 7) is 4.33. The number of likely N-dealkylation sites (N-methyl/N-ethyl adjacent to an activating group) is 1. The van der Waals surface area contributed by atoms with Gasteiger partial charge in [0, 0.05) is 18.2 Å². The molecule has 0 bridgehead atoms. The van der Waals surface area contributed by atoms with Crippen LogP contribution in [0.4, 0.5) is 8.78 Å². The number of rotatable bonds is 6. The Labute approximate surface area is 99.4 Å². The molecular formula is C12H17F2NO2. The molecule has 0 spiro atoms. The molecule has 5 heteroatoms. The Morgan fingerprint density at radius 1 is 1.29 bits per heavy atom. The van der Waals surface area contributed by atoms with Gasteiger partial charge in [-0.2, -0.15) is 0 Å². The van der Waals surface area contributed by atoms with Crippen LogP contribution >= 0.6 is 0 Å². The van der Waals surface area contributed by atoms with E-state index in [1.165, 1.54) is 0 Å². The van der Waals surface area contributed by atoms with E-state index in [1.807, 2.05) is 6.92 Å². The standard InChI is InChI=1S/C12H17F2NO2/c1-3-15-12(2,7-16)8-17-11-5-9(13)4-10(14)6-11/h4-6,15-16H,3,7-8H2,1-2H3. The second kappa shape index (κ2) is 5.93. The van der Waals surface area contributed by atoms with E-state index in [-0.39, 0.29) is 19.0 Å². The largest absolute Gasteiger partial charge is 0.491 e. The molecule has 0 fully saturated rings. The monoisotopic (exact) mass is 245 g/mol. The van der Waals surface area contributed by atoms with Crippen LogP contribution in [0, 0.1) is 11.6 Å². The van der Waals surface area contributed by atoms with Crippen molar-refractivity contribution < 1.29 is 18.6 Å². The fourth-order valence-electron chi connectivity index (χ4n) is 1.43. The first-order chi connectivity index (χ1) is 7.99. The molecule has 3 nitrogen and oxygen atoms in total. The zero-order chi connectivity index (χ0) is 12.9. The molecule has 1 unspecified atom stereocenters. The van der Waals surface area contributed by atoms with Crippen molar-refractivity contribution in [2.24, 2.45) is 0 Å². The highest BCUT2D eigenvalue weighted by molar-refractivity contribution is 5.23. The highest BCUT2D eigenvalue weighted by Crippen LogP contribution is 2.17. The number of hydrogen-bond acceptors (Lipinski definition) is 3. The molecule has 0 amide bonds. The van der Waals surface area contributed by atoms with Crippen LogP contribution in [-0.4, -0.2) is 30.4 Å². The fourth-order valence-corrected chi connectivity index (χ4v) is 1.43. The molecule has 0 radical (unpaired) electrons. The molecule has 0 saturated heterocycles. The maximum atomic E-state index is 12.9. The fraction of sp³-hybridized carbons (Fsp3) is 0.500. The van der Waals surface area contributed by atoms with Crippen molar-refractivity contribution in [2.75, 3.05) is 19.8 Å². The zero-order valence-corrected chi connectivity index (χ0v) is 9.96. The predicted octanol–water partition coefficient (Wildman–Crippen LogP) is 1.70. The van der Waals surface area contributed by atoms with Gasteiger partial charge >= 0.3 is 0 Å². The minimum atomic E-state index is -0.686. The molecule has 1 atom stereocenters. The number of aliphatic hydroxyl groups is 1. The summed E-state index contributed by atoms with van der Waals surface area (Å²) in [6.07, 6.45) is 0. The van der Waals surface area contributed by atoms with Crippen molar-refractivity contribution >= 4 is 0 Å². The van der Waals surface area contributed by atoms with Gasteiger partial charge in [0.05, 0.1) is 12.1 Å². The van der Waals surface area contributed by atoms with Crippen LogP contribution in [0.3, 0.4) is 0 Å². The van der Waals surface area contributed by atoms with Gasteiger partial charge in [-0.3, -0.25) is 0 Å². The van der Waals surface area contributed by atoms with Crippen molar-refractivity contribution in [3.8, 4) is 5.75 Å². The minimum Gasteiger partial charge on any atom is -0.491 e. The van der Waals surface area contributed by atoms with Gasteiger partial charge in [0.2, 0.25) is 0 Å². The highest BCUT2D eigenvalue weighted by Gasteiger charge is 2.23. The van der Waals surface area contributed by atoms with Gasteiger partial charge in [-0.05, 0) is 13.5 Å². The maximum Gasteiger partial charge on any atom is 0.129 e. The van der Waals surface area contributed by atoms with E-state index >= 15 is 0 Å². The number of hydrogen-bond donors (Lipinski definition) is 2. The number of ether oxygens (including phenoxy) is 1. The molecule has 1 rings (SSSR count). The van der Waals surface area contributed by atoms with Crippen molar-refractivity contribution in [2.45, 2.75) is 19.4 Å². The van der Waals surface area contributed by atoms with Crippen molar-refractivity contribution in [3.05, 3.63) is 29.8 Å². The van der Waals surface area contributed by atoms with E-state index in [9.17, 15) is 13.9 Å². The van der Waals surface area contributed by atoms with Crippen LogP contribution in [0.25, 0.3) is 0 Å². The Bertz CT molecular complexity index is 353. The summed E-state index contributed by atoms with van der Waals surface area (Å²) in [5.74, 6) is -1.26. The second-order valence-corrected chi connectivity index (χ2v) is 4.14. The first kappa shape index (κ1) is 13.9. The Morgan fingerprint density at radius 3 is 2.35 bits per heavy atom. The predicted molar refractivity (Wildman–Crippen MR) is 61.0 cm³/mol. The molecule has 17 heavy (non-hydrogen) atoms. The third kappa shape index (κ3) is 4.28. The van der Waals surface area contributed by atoms with Gasteiger partial charge in [0.1, 0.15) is 24.0 Å². The summed E-state index contributed by atoms with van der Waals surface area (Å²) in [5, 5.41) is 12.3.